The zero-order valence-electron chi connectivity index (χ0n) is 18.1. The molecule has 0 radical (unpaired) electrons. The highest BCUT2D eigenvalue weighted by Crippen LogP contribution is 2.43. The van der Waals surface area contributed by atoms with E-state index in [1.54, 1.807) is 19.1 Å². The summed E-state index contributed by atoms with van der Waals surface area (Å²) in [6, 6.07) is 11.8. The lowest BCUT2D eigenvalue weighted by atomic mass is 9.75. The lowest BCUT2D eigenvalue weighted by Crippen LogP contribution is -2.35. The van der Waals surface area contributed by atoms with Gasteiger partial charge < -0.3 is 5.32 Å². The molecule has 1 unspecified atom stereocenters. The van der Waals surface area contributed by atoms with Crippen LogP contribution < -0.4 is 10.6 Å². The van der Waals surface area contributed by atoms with E-state index in [4.69, 9.17) is 0 Å². The first-order valence-electron chi connectivity index (χ1n) is 10.7. The highest BCUT2D eigenvalue weighted by atomic mass is 79.9. The predicted octanol–water partition coefficient (Wildman–Crippen LogP) is 5.57. The van der Waals surface area contributed by atoms with Crippen molar-refractivity contribution in [2.45, 2.75) is 32.1 Å². The minimum Gasteiger partial charge on any atom is -0.362 e. The fraction of sp³-hybridized carbons (Fsp3) is 0.208. The van der Waals surface area contributed by atoms with Crippen LogP contribution in [0.1, 0.15) is 37.7 Å². The number of ketones is 1. The summed E-state index contributed by atoms with van der Waals surface area (Å²) in [4.78, 5) is 42.1. The molecule has 1 aromatic heterocycles. The maximum Gasteiger partial charge on any atom is 0.269 e. The van der Waals surface area contributed by atoms with Gasteiger partial charge in [0, 0.05) is 51.5 Å². The van der Waals surface area contributed by atoms with Gasteiger partial charge in [0.25, 0.3) is 11.6 Å². The molecule has 172 valence electrons. The average molecular weight is 539 g/mol. The number of nitro benzene ring substituents is 1. The van der Waals surface area contributed by atoms with Crippen LogP contribution in [-0.4, -0.2) is 21.6 Å². The number of dihydropyridines is 1. The van der Waals surface area contributed by atoms with Gasteiger partial charge in [0.15, 0.2) is 10.9 Å². The standard InChI is InChI=1S/C24H19BrN4O4S/c1-12-20(23(31)28-24-27-16-9-8-14(25)11-19(16)34-24)21(13-4-2-5-15(10-13)29(32)33)22-17(26-12)6-3-7-18(22)30/h2,4-5,8-11,21,26H,3,6-7H2,1H3,(H,27,28,31). The number of Topliss-reactive ketones (excluding diaryl/α,β-unsaturated/α-hetero) is 1. The summed E-state index contributed by atoms with van der Waals surface area (Å²) < 4.78 is 1.83. The van der Waals surface area contributed by atoms with Gasteiger partial charge in [0.05, 0.1) is 15.1 Å². The van der Waals surface area contributed by atoms with E-state index >= 15 is 0 Å². The molecule has 0 fully saturated rings. The molecule has 10 heteroatoms. The van der Waals surface area contributed by atoms with Gasteiger partial charge in [-0.3, -0.25) is 25.0 Å². The summed E-state index contributed by atoms with van der Waals surface area (Å²) in [5, 5.41) is 18.0. The van der Waals surface area contributed by atoms with Crippen molar-refractivity contribution in [1.82, 2.24) is 10.3 Å². The molecule has 2 aromatic carbocycles. The SMILES string of the molecule is CC1=C(C(=O)Nc2nc3ccc(Br)cc3s2)C(c2cccc([N+](=O)[O-])c2)C2=C(CCCC2=O)N1. The van der Waals surface area contributed by atoms with Gasteiger partial charge in [-0.05, 0) is 43.5 Å². The number of halogens is 1. The third-order valence-electron chi connectivity index (χ3n) is 6.01. The molecule has 0 saturated carbocycles. The minimum atomic E-state index is -0.701. The van der Waals surface area contributed by atoms with Crippen LogP contribution in [0.3, 0.4) is 0 Å². The number of hydrogen-bond acceptors (Lipinski definition) is 7. The van der Waals surface area contributed by atoms with Gasteiger partial charge in [-0.2, -0.15) is 0 Å². The van der Waals surface area contributed by atoms with Crippen molar-refractivity contribution in [2.24, 2.45) is 0 Å². The van der Waals surface area contributed by atoms with Crippen molar-refractivity contribution in [2.75, 3.05) is 5.32 Å². The Labute approximate surface area is 207 Å². The summed E-state index contributed by atoms with van der Waals surface area (Å²) in [5.41, 5.74) is 3.48. The van der Waals surface area contributed by atoms with Crippen LogP contribution in [0, 0.1) is 10.1 Å². The molecule has 2 aliphatic rings. The second-order valence-electron chi connectivity index (χ2n) is 8.20. The minimum absolute atomic E-state index is 0.0482. The first-order valence-corrected chi connectivity index (χ1v) is 12.3. The first-order chi connectivity index (χ1) is 16.3. The molecule has 0 bridgehead atoms. The van der Waals surface area contributed by atoms with E-state index in [-0.39, 0.29) is 11.5 Å². The summed E-state index contributed by atoms with van der Waals surface area (Å²) in [6.07, 6.45) is 1.79. The number of rotatable bonds is 4. The van der Waals surface area contributed by atoms with Gasteiger partial charge in [-0.25, -0.2) is 4.98 Å². The Morgan fingerprint density at radius 3 is 2.88 bits per heavy atom. The smallest absolute Gasteiger partial charge is 0.269 e. The number of fused-ring (bicyclic) bond motifs is 1. The molecule has 0 spiro atoms. The third-order valence-corrected chi connectivity index (χ3v) is 7.43. The Kier molecular flexibility index (Phi) is 5.78. The molecule has 5 rings (SSSR count). The number of nitro groups is 1. The predicted molar refractivity (Wildman–Crippen MR) is 134 cm³/mol. The lowest BCUT2D eigenvalue weighted by Gasteiger charge is -2.34. The van der Waals surface area contributed by atoms with Gasteiger partial charge in [0.1, 0.15) is 0 Å². The van der Waals surface area contributed by atoms with E-state index in [9.17, 15) is 19.7 Å². The molecule has 1 amide bonds. The number of allylic oxidation sites excluding steroid dienone is 3. The number of anilines is 1. The first kappa shape index (κ1) is 22.4. The van der Waals surface area contributed by atoms with Crippen molar-refractivity contribution < 1.29 is 14.5 Å². The molecular weight excluding hydrogens is 520 g/mol. The fourth-order valence-corrected chi connectivity index (χ4v) is 5.96. The van der Waals surface area contributed by atoms with E-state index in [1.165, 1.54) is 23.5 Å². The fourth-order valence-electron chi connectivity index (χ4n) is 4.55. The summed E-state index contributed by atoms with van der Waals surface area (Å²) in [7, 11) is 0. The Hall–Kier alpha value is -3.37. The zero-order chi connectivity index (χ0) is 24.0. The van der Waals surface area contributed by atoms with Crippen molar-refractivity contribution in [3.63, 3.8) is 0 Å². The van der Waals surface area contributed by atoms with Crippen LogP contribution in [0.4, 0.5) is 10.8 Å². The maximum absolute atomic E-state index is 13.6. The van der Waals surface area contributed by atoms with Gasteiger partial charge >= 0.3 is 0 Å². The van der Waals surface area contributed by atoms with Crippen LogP contribution in [0.2, 0.25) is 0 Å². The van der Waals surface area contributed by atoms with Crippen molar-refractivity contribution in [3.05, 3.63) is 85.2 Å². The number of benzene rings is 2. The molecule has 2 heterocycles. The number of carbonyl (C=O) groups excluding carboxylic acids is 2. The van der Waals surface area contributed by atoms with Crippen LogP contribution in [-0.2, 0) is 9.59 Å². The number of nitrogens with one attached hydrogen (secondary N) is 2. The van der Waals surface area contributed by atoms with E-state index in [0.29, 0.717) is 40.4 Å². The largest absolute Gasteiger partial charge is 0.362 e. The number of nitrogens with zero attached hydrogens (tertiary/aromatic N) is 2. The van der Waals surface area contributed by atoms with Crippen LogP contribution in [0.25, 0.3) is 10.2 Å². The number of thiazole rings is 1. The van der Waals surface area contributed by atoms with E-state index in [2.05, 4.69) is 31.5 Å². The number of hydrogen-bond donors (Lipinski definition) is 2. The van der Waals surface area contributed by atoms with E-state index in [1.807, 2.05) is 18.2 Å². The number of carbonyl (C=O) groups is 2. The second-order valence-corrected chi connectivity index (χ2v) is 10.1. The third kappa shape index (κ3) is 4.03. The molecule has 1 aliphatic carbocycles. The van der Waals surface area contributed by atoms with E-state index in [0.717, 1.165) is 26.8 Å². The molecule has 2 N–H and O–H groups in total. The topological polar surface area (TPSA) is 114 Å². The number of aromatic nitrogens is 1. The van der Waals surface area contributed by atoms with Gasteiger partial charge in [-0.15, -0.1) is 0 Å². The highest BCUT2D eigenvalue weighted by molar-refractivity contribution is 9.10. The van der Waals surface area contributed by atoms with Gasteiger partial charge in [-0.1, -0.05) is 39.4 Å². The molecule has 0 saturated heterocycles. The Morgan fingerprint density at radius 1 is 1.26 bits per heavy atom. The quantitative estimate of drug-likeness (QED) is 0.331. The normalized spacial score (nSPS) is 18.1. The molecule has 1 aliphatic heterocycles. The van der Waals surface area contributed by atoms with Crippen molar-refractivity contribution in [3.8, 4) is 0 Å². The molecular formula is C24H19BrN4O4S. The summed E-state index contributed by atoms with van der Waals surface area (Å²) in [6.45, 7) is 1.79. The van der Waals surface area contributed by atoms with Crippen LogP contribution >= 0.6 is 27.3 Å². The molecule has 3 aromatic rings. The molecule has 1 atom stereocenters. The Bertz CT molecular complexity index is 1440. The Morgan fingerprint density at radius 2 is 2.09 bits per heavy atom. The monoisotopic (exact) mass is 538 g/mol. The molecule has 8 nitrogen and oxygen atoms in total. The average Bonchev–Trinajstić information content (AvgIpc) is 3.19. The zero-order valence-corrected chi connectivity index (χ0v) is 20.5. The highest BCUT2D eigenvalue weighted by Gasteiger charge is 2.39. The van der Waals surface area contributed by atoms with Crippen molar-refractivity contribution in [1.29, 1.82) is 0 Å². The maximum atomic E-state index is 13.6. The Balaban J connectivity index is 1.58. The van der Waals surface area contributed by atoms with Gasteiger partial charge in [0.2, 0.25) is 0 Å². The summed E-state index contributed by atoms with van der Waals surface area (Å²) in [5.74, 6) is -1.15. The van der Waals surface area contributed by atoms with Crippen LogP contribution in [0.5, 0.6) is 0 Å². The number of amides is 1. The van der Waals surface area contributed by atoms with E-state index < -0.39 is 16.7 Å². The van der Waals surface area contributed by atoms with Crippen molar-refractivity contribution >= 4 is 60.0 Å². The summed E-state index contributed by atoms with van der Waals surface area (Å²) >= 11 is 4.79. The molecule has 34 heavy (non-hydrogen) atoms. The number of non-ortho nitro benzene ring substituents is 1. The lowest BCUT2D eigenvalue weighted by molar-refractivity contribution is -0.384. The second kappa shape index (κ2) is 8.77. The van der Waals surface area contributed by atoms with Crippen LogP contribution in [0.15, 0.2) is 69.5 Å².